The van der Waals surface area contributed by atoms with Crippen LogP contribution >= 0.6 is 11.3 Å². The highest BCUT2D eigenvalue weighted by Crippen LogP contribution is 2.37. The van der Waals surface area contributed by atoms with Gasteiger partial charge in [-0.05, 0) is 48.1 Å². The minimum atomic E-state index is -3.71. The van der Waals surface area contributed by atoms with Crippen molar-refractivity contribution in [1.29, 1.82) is 0 Å². The Kier molecular flexibility index (Phi) is 9.14. The van der Waals surface area contributed by atoms with Gasteiger partial charge in [-0.25, -0.2) is 8.42 Å². The number of carbonyl (C=O) groups is 3. The molecule has 0 unspecified atom stereocenters. The van der Waals surface area contributed by atoms with E-state index in [-0.39, 0.29) is 34.1 Å². The quantitative estimate of drug-likeness (QED) is 0.497. The van der Waals surface area contributed by atoms with E-state index >= 15 is 0 Å². The van der Waals surface area contributed by atoms with Gasteiger partial charge < -0.3 is 15.5 Å². The van der Waals surface area contributed by atoms with E-state index in [0.717, 1.165) is 10.4 Å². The van der Waals surface area contributed by atoms with Crippen LogP contribution in [-0.4, -0.2) is 62.0 Å². The van der Waals surface area contributed by atoms with E-state index in [0.29, 0.717) is 43.2 Å². The number of carbonyl (C=O) groups excluding carboxylic acids is 3. The Bertz CT molecular complexity index is 1260. The van der Waals surface area contributed by atoms with Gasteiger partial charge in [-0.3, -0.25) is 14.4 Å². The van der Waals surface area contributed by atoms with Crippen molar-refractivity contribution in [3.8, 4) is 0 Å². The van der Waals surface area contributed by atoms with Crippen molar-refractivity contribution in [3.05, 3.63) is 45.8 Å². The van der Waals surface area contributed by atoms with Crippen LogP contribution in [0.15, 0.2) is 29.2 Å². The number of amides is 3. The third kappa shape index (κ3) is 6.58. The zero-order chi connectivity index (χ0) is 27.5. The number of anilines is 1. The molecule has 2 heterocycles. The van der Waals surface area contributed by atoms with E-state index in [1.165, 1.54) is 53.9 Å². The maximum absolute atomic E-state index is 13.3. The fraction of sp³-hybridized carbons (Fsp3) is 0.500. The number of sulfonamides is 1. The van der Waals surface area contributed by atoms with Crippen molar-refractivity contribution in [3.63, 3.8) is 0 Å². The SMILES string of the molecule is CNC(=O)c1c(NC(=O)c2ccc(S(=O)(=O)N(CC(C)C)CC(C)C)cc2)sc2c1CCN(C(C)=O)C2. The fourth-order valence-corrected chi connectivity index (χ4v) is 7.34. The molecule has 3 rings (SSSR count). The molecule has 0 bridgehead atoms. The molecule has 37 heavy (non-hydrogen) atoms. The topological polar surface area (TPSA) is 116 Å². The zero-order valence-corrected chi connectivity index (χ0v) is 23.9. The Hall–Kier alpha value is -2.76. The molecular weight excluding hydrogens is 512 g/mol. The summed E-state index contributed by atoms with van der Waals surface area (Å²) in [5, 5.41) is 5.88. The number of hydrogen-bond donors (Lipinski definition) is 2. The maximum Gasteiger partial charge on any atom is 0.256 e. The summed E-state index contributed by atoms with van der Waals surface area (Å²) in [6.45, 7) is 11.1. The van der Waals surface area contributed by atoms with E-state index in [1.807, 2.05) is 27.7 Å². The summed E-state index contributed by atoms with van der Waals surface area (Å²) < 4.78 is 28.0. The summed E-state index contributed by atoms with van der Waals surface area (Å²) in [5.74, 6) is -0.445. The second-order valence-corrected chi connectivity index (χ2v) is 13.1. The molecule has 0 atom stereocenters. The maximum atomic E-state index is 13.3. The van der Waals surface area contributed by atoms with Crippen LogP contribution in [0.5, 0.6) is 0 Å². The molecule has 2 aromatic rings. The first-order chi connectivity index (χ1) is 17.3. The molecule has 1 aromatic heterocycles. The molecule has 202 valence electrons. The first-order valence-electron chi connectivity index (χ1n) is 12.4. The first-order valence-corrected chi connectivity index (χ1v) is 14.6. The molecular formula is C26H36N4O5S2. The van der Waals surface area contributed by atoms with Crippen LogP contribution in [0.4, 0.5) is 5.00 Å². The van der Waals surface area contributed by atoms with E-state index in [2.05, 4.69) is 10.6 Å². The lowest BCUT2D eigenvalue weighted by Crippen LogP contribution is -2.37. The smallest absolute Gasteiger partial charge is 0.256 e. The molecule has 0 radical (unpaired) electrons. The summed E-state index contributed by atoms with van der Waals surface area (Å²) in [7, 11) is -2.18. The Morgan fingerprint density at radius 2 is 1.62 bits per heavy atom. The van der Waals surface area contributed by atoms with Crippen LogP contribution in [-0.2, 0) is 27.8 Å². The third-order valence-corrected chi connectivity index (χ3v) is 9.05. The van der Waals surface area contributed by atoms with Gasteiger partial charge in [0, 0.05) is 44.0 Å². The van der Waals surface area contributed by atoms with Gasteiger partial charge in [-0.1, -0.05) is 27.7 Å². The summed E-state index contributed by atoms with van der Waals surface area (Å²) in [6, 6.07) is 5.86. The molecule has 3 amide bonds. The number of hydrogen-bond acceptors (Lipinski definition) is 6. The van der Waals surface area contributed by atoms with Crippen molar-refractivity contribution in [2.45, 2.75) is 52.5 Å². The van der Waals surface area contributed by atoms with Gasteiger partial charge in [0.1, 0.15) is 5.00 Å². The fourth-order valence-electron chi connectivity index (χ4n) is 4.31. The largest absolute Gasteiger partial charge is 0.355 e. The molecule has 0 aliphatic carbocycles. The number of thiophene rings is 1. The number of benzene rings is 1. The Labute approximate surface area is 223 Å². The predicted octanol–water partition coefficient (Wildman–Crippen LogP) is 3.57. The Balaban J connectivity index is 1.85. The molecule has 0 saturated carbocycles. The average molecular weight is 549 g/mol. The molecule has 0 fully saturated rings. The van der Waals surface area contributed by atoms with Crippen LogP contribution in [0, 0.1) is 11.8 Å². The minimum Gasteiger partial charge on any atom is -0.355 e. The van der Waals surface area contributed by atoms with Crippen molar-refractivity contribution in [2.24, 2.45) is 11.8 Å². The standard InChI is InChI=1S/C26H36N4O5S2/c1-16(2)13-30(14-17(3)4)37(34,35)20-9-7-19(8-10-20)24(32)28-26-23(25(33)27-6)21-11-12-29(18(5)31)15-22(21)36-26/h7-10,16-17H,11-15H2,1-6H3,(H,27,33)(H,28,32). The predicted molar refractivity (Wildman–Crippen MR) is 145 cm³/mol. The second-order valence-electron chi connectivity index (χ2n) is 10.1. The van der Waals surface area contributed by atoms with Gasteiger partial charge in [0.15, 0.2) is 0 Å². The van der Waals surface area contributed by atoms with E-state index < -0.39 is 15.9 Å². The van der Waals surface area contributed by atoms with Crippen LogP contribution in [0.25, 0.3) is 0 Å². The minimum absolute atomic E-state index is 0.0403. The van der Waals surface area contributed by atoms with Gasteiger partial charge in [0.25, 0.3) is 11.8 Å². The molecule has 0 spiro atoms. The second kappa shape index (κ2) is 11.7. The van der Waals surface area contributed by atoms with Crippen molar-refractivity contribution >= 4 is 44.1 Å². The Morgan fingerprint density at radius 1 is 1.03 bits per heavy atom. The van der Waals surface area contributed by atoms with E-state index in [9.17, 15) is 22.8 Å². The summed E-state index contributed by atoms with van der Waals surface area (Å²) in [6.07, 6.45) is 0.528. The number of nitrogens with one attached hydrogen (secondary N) is 2. The van der Waals surface area contributed by atoms with Crippen molar-refractivity contribution in [1.82, 2.24) is 14.5 Å². The van der Waals surface area contributed by atoms with Crippen LogP contribution in [0.1, 0.15) is 65.8 Å². The lowest BCUT2D eigenvalue weighted by atomic mass is 10.0. The van der Waals surface area contributed by atoms with Gasteiger partial charge in [0.05, 0.1) is 17.0 Å². The Morgan fingerprint density at radius 3 is 2.14 bits per heavy atom. The molecule has 0 saturated heterocycles. The first kappa shape index (κ1) is 28.8. The average Bonchev–Trinajstić information content (AvgIpc) is 3.19. The molecule has 1 aliphatic heterocycles. The number of nitrogens with zero attached hydrogens (tertiary/aromatic N) is 2. The molecule has 11 heteroatoms. The third-order valence-electron chi connectivity index (χ3n) is 6.08. The lowest BCUT2D eigenvalue weighted by Gasteiger charge is -2.25. The molecule has 1 aliphatic rings. The lowest BCUT2D eigenvalue weighted by molar-refractivity contribution is -0.129. The van der Waals surface area contributed by atoms with Crippen LogP contribution < -0.4 is 10.6 Å². The van der Waals surface area contributed by atoms with Crippen LogP contribution in [0.3, 0.4) is 0 Å². The highest BCUT2D eigenvalue weighted by atomic mass is 32.2. The monoisotopic (exact) mass is 548 g/mol. The van der Waals surface area contributed by atoms with Gasteiger partial charge in [0.2, 0.25) is 15.9 Å². The van der Waals surface area contributed by atoms with Gasteiger partial charge in [-0.15, -0.1) is 11.3 Å². The number of fused-ring (bicyclic) bond motifs is 1. The zero-order valence-electron chi connectivity index (χ0n) is 22.3. The van der Waals surface area contributed by atoms with E-state index in [4.69, 9.17) is 0 Å². The summed E-state index contributed by atoms with van der Waals surface area (Å²) in [5.41, 5.74) is 1.53. The van der Waals surface area contributed by atoms with Gasteiger partial charge >= 0.3 is 0 Å². The van der Waals surface area contributed by atoms with Crippen molar-refractivity contribution in [2.75, 3.05) is 32.0 Å². The number of rotatable bonds is 9. The molecule has 1 aromatic carbocycles. The summed E-state index contributed by atoms with van der Waals surface area (Å²) >= 11 is 1.28. The van der Waals surface area contributed by atoms with Crippen molar-refractivity contribution < 1.29 is 22.8 Å². The highest BCUT2D eigenvalue weighted by molar-refractivity contribution is 7.89. The molecule has 2 N–H and O–H groups in total. The van der Waals surface area contributed by atoms with E-state index in [1.54, 1.807) is 4.90 Å². The highest BCUT2D eigenvalue weighted by Gasteiger charge is 2.30. The van der Waals surface area contributed by atoms with Crippen LogP contribution in [0.2, 0.25) is 0 Å². The summed E-state index contributed by atoms with van der Waals surface area (Å²) in [4.78, 5) is 40.3. The molecule has 9 nitrogen and oxygen atoms in total. The van der Waals surface area contributed by atoms with Gasteiger partial charge in [-0.2, -0.15) is 4.31 Å². The normalized spacial score (nSPS) is 13.7.